The summed E-state index contributed by atoms with van der Waals surface area (Å²) in [6.45, 7) is 7.88. The molecule has 1 heteroatoms. The van der Waals surface area contributed by atoms with Gasteiger partial charge >= 0.3 is 0 Å². The lowest BCUT2D eigenvalue weighted by Crippen LogP contribution is -2.07. The average molecular weight is 109 g/mol. The van der Waals surface area contributed by atoms with E-state index in [2.05, 4.69) is 18.8 Å². The largest absolute Gasteiger partial charge is 0.309 e. The Balaban J connectivity index is 2.72. The van der Waals surface area contributed by atoms with Crippen molar-refractivity contribution < 1.29 is 0 Å². The monoisotopic (exact) mass is 109 g/mol. The normalized spacial score (nSPS) is 19.6. The molecule has 44 valence electrons. The fraction of sp³-hybridized carbons (Fsp3) is 0.429. The maximum atomic E-state index is 3.70. The average Bonchev–Trinajstić information content (AvgIpc) is 2.14. The minimum Gasteiger partial charge on any atom is -0.309 e. The summed E-state index contributed by atoms with van der Waals surface area (Å²) in [6.07, 6.45) is 1.93. The van der Waals surface area contributed by atoms with Gasteiger partial charge in [-0.05, 0) is 12.5 Å². The molecule has 0 fully saturated rings. The van der Waals surface area contributed by atoms with E-state index in [-0.39, 0.29) is 0 Å². The molecule has 1 aliphatic heterocycles. The summed E-state index contributed by atoms with van der Waals surface area (Å²) in [4.78, 5) is 0. The van der Waals surface area contributed by atoms with Crippen molar-refractivity contribution in [1.82, 2.24) is 5.32 Å². The fourth-order valence-corrected chi connectivity index (χ4v) is 0.895. The van der Waals surface area contributed by atoms with E-state index in [0.29, 0.717) is 0 Å². The molecule has 1 rings (SSSR count). The maximum absolute atomic E-state index is 3.70. The first-order valence-electron chi connectivity index (χ1n) is 2.86. The van der Waals surface area contributed by atoms with Gasteiger partial charge in [0, 0.05) is 13.1 Å². The first-order valence-corrected chi connectivity index (χ1v) is 2.86. The SMILES string of the molecule is C=CC1=C(C)CNC1. The highest BCUT2D eigenvalue weighted by Gasteiger charge is 2.04. The molecule has 0 saturated heterocycles. The zero-order valence-corrected chi connectivity index (χ0v) is 5.20. The highest BCUT2D eigenvalue weighted by Crippen LogP contribution is 2.07. The standard InChI is InChI=1S/C7H11N/c1-3-7-5-8-4-6(7)2/h3,8H,1,4-5H2,2H3. The summed E-state index contributed by atoms with van der Waals surface area (Å²) >= 11 is 0. The quantitative estimate of drug-likeness (QED) is 0.531. The summed E-state index contributed by atoms with van der Waals surface area (Å²) in [5.41, 5.74) is 2.80. The summed E-state index contributed by atoms with van der Waals surface area (Å²) in [5, 5.41) is 3.23. The Labute approximate surface area is 50.1 Å². The van der Waals surface area contributed by atoms with Crippen molar-refractivity contribution >= 4 is 0 Å². The van der Waals surface area contributed by atoms with Gasteiger partial charge in [0.2, 0.25) is 0 Å². The third kappa shape index (κ3) is 0.819. The van der Waals surface area contributed by atoms with Crippen LogP contribution in [0.1, 0.15) is 6.92 Å². The Morgan fingerprint density at radius 3 is 2.62 bits per heavy atom. The number of hydrogen-bond donors (Lipinski definition) is 1. The minimum atomic E-state index is 1.01. The van der Waals surface area contributed by atoms with Crippen LogP contribution in [-0.4, -0.2) is 13.1 Å². The van der Waals surface area contributed by atoms with Crippen molar-refractivity contribution in [2.75, 3.05) is 13.1 Å². The first-order chi connectivity index (χ1) is 3.84. The second-order valence-electron chi connectivity index (χ2n) is 2.11. The van der Waals surface area contributed by atoms with E-state index < -0.39 is 0 Å². The van der Waals surface area contributed by atoms with Gasteiger partial charge in [-0.2, -0.15) is 0 Å². The van der Waals surface area contributed by atoms with Crippen molar-refractivity contribution in [2.24, 2.45) is 0 Å². The summed E-state index contributed by atoms with van der Waals surface area (Å²) < 4.78 is 0. The van der Waals surface area contributed by atoms with Crippen molar-refractivity contribution in [3.63, 3.8) is 0 Å². The van der Waals surface area contributed by atoms with Crippen molar-refractivity contribution in [1.29, 1.82) is 0 Å². The van der Waals surface area contributed by atoms with E-state index in [1.165, 1.54) is 11.1 Å². The van der Waals surface area contributed by atoms with Gasteiger partial charge in [-0.25, -0.2) is 0 Å². The summed E-state index contributed by atoms with van der Waals surface area (Å²) in [7, 11) is 0. The first kappa shape index (κ1) is 5.57. The number of nitrogens with one attached hydrogen (secondary N) is 1. The van der Waals surface area contributed by atoms with Crippen molar-refractivity contribution in [2.45, 2.75) is 6.92 Å². The Bertz CT molecular complexity index is 133. The molecule has 0 unspecified atom stereocenters. The molecule has 1 nitrogen and oxygen atoms in total. The molecule has 1 heterocycles. The van der Waals surface area contributed by atoms with E-state index in [1.807, 2.05) is 6.08 Å². The van der Waals surface area contributed by atoms with Crippen molar-refractivity contribution in [3.8, 4) is 0 Å². The smallest absolute Gasteiger partial charge is 0.0208 e. The molecule has 0 aliphatic carbocycles. The second kappa shape index (κ2) is 2.14. The molecule has 0 atom stereocenters. The molecule has 0 aromatic carbocycles. The lowest BCUT2D eigenvalue weighted by atomic mass is 10.2. The van der Waals surface area contributed by atoms with Crippen LogP contribution in [0.5, 0.6) is 0 Å². The van der Waals surface area contributed by atoms with Gasteiger partial charge in [-0.3, -0.25) is 0 Å². The molecule has 8 heavy (non-hydrogen) atoms. The summed E-state index contributed by atoms with van der Waals surface area (Å²) in [5.74, 6) is 0. The molecule has 0 aromatic rings. The third-order valence-corrected chi connectivity index (χ3v) is 1.50. The van der Waals surface area contributed by atoms with Gasteiger partial charge in [0.15, 0.2) is 0 Å². The zero-order valence-electron chi connectivity index (χ0n) is 5.20. The molecular weight excluding hydrogens is 98.1 g/mol. The van der Waals surface area contributed by atoms with E-state index in [9.17, 15) is 0 Å². The Kier molecular flexibility index (Phi) is 1.49. The van der Waals surface area contributed by atoms with Crippen LogP contribution in [0.15, 0.2) is 23.8 Å². The summed E-state index contributed by atoms with van der Waals surface area (Å²) in [6, 6.07) is 0. The van der Waals surface area contributed by atoms with Gasteiger partial charge in [0.25, 0.3) is 0 Å². The van der Waals surface area contributed by atoms with Gasteiger partial charge in [0.05, 0.1) is 0 Å². The predicted octanol–water partition coefficient (Wildman–Crippen LogP) is 1.09. The topological polar surface area (TPSA) is 12.0 Å². The van der Waals surface area contributed by atoms with E-state index in [4.69, 9.17) is 0 Å². The van der Waals surface area contributed by atoms with Crippen LogP contribution in [0.2, 0.25) is 0 Å². The second-order valence-corrected chi connectivity index (χ2v) is 2.11. The van der Waals surface area contributed by atoms with Gasteiger partial charge in [0.1, 0.15) is 0 Å². The van der Waals surface area contributed by atoms with Gasteiger partial charge in [-0.1, -0.05) is 18.2 Å². The Morgan fingerprint density at radius 2 is 2.38 bits per heavy atom. The molecule has 0 bridgehead atoms. The molecule has 0 amide bonds. The molecule has 1 N–H and O–H groups in total. The zero-order chi connectivity index (χ0) is 5.98. The number of hydrogen-bond acceptors (Lipinski definition) is 1. The van der Waals surface area contributed by atoms with Crippen LogP contribution in [0, 0.1) is 0 Å². The van der Waals surface area contributed by atoms with Crippen LogP contribution < -0.4 is 5.32 Å². The van der Waals surface area contributed by atoms with E-state index in [1.54, 1.807) is 0 Å². The van der Waals surface area contributed by atoms with Crippen LogP contribution in [-0.2, 0) is 0 Å². The minimum absolute atomic E-state index is 1.01. The van der Waals surface area contributed by atoms with Crippen LogP contribution in [0.4, 0.5) is 0 Å². The fourth-order valence-electron chi connectivity index (χ4n) is 0.895. The van der Waals surface area contributed by atoms with E-state index >= 15 is 0 Å². The highest BCUT2D eigenvalue weighted by atomic mass is 14.9. The van der Waals surface area contributed by atoms with Gasteiger partial charge < -0.3 is 5.32 Å². The Morgan fingerprint density at radius 1 is 1.62 bits per heavy atom. The van der Waals surface area contributed by atoms with Gasteiger partial charge in [-0.15, -0.1) is 0 Å². The molecule has 0 saturated carbocycles. The highest BCUT2D eigenvalue weighted by molar-refractivity contribution is 5.29. The lowest BCUT2D eigenvalue weighted by molar-refractivity contribution is 0.868. The molecule has 0 radical (unpaired) electrons. The predicted molar refractivity (Wildman–Crippen MR) is 35.8 cm³/mol. The van der Waals surface area contributed by atoms with Crippen LogP contribution >= 0.6 is 0 Å². The van der Waals surface area contributed by atoms with Crippen LogP contribution in [0.25, 0.3) is 0 Å². The lowest BCUT2D eigenvalue weighted by Gasteiger charge is -1.88. The molecular formula is C7H11N. The third-order valence-electron chi connectivity index (χ3n) is 1.50. The van der Waals surface area contributed by atoms with Crippen molar-refractivity contribution in [3.05, 3.63) is 23.8 Å². The maximum Gasteiger partial charge on any atom is 0.0208 e. The van der Waals surface area contributed by atoms with Crippen LogP contribution in [0.3, 0.4) is 0 Å². The Hall–Kier alpha value is -0.560. The van der Waals surface area contributed by atoms with E-state index in [0.717, 1.165) is 13.1 Å². The molecule has 1 aliphatic rings. The molecule has 0 aromatic heterocycles. The molecule has 0 spiro atoms. The number of rotatable bonds is 1.